The molecule has 3 heteroatoms. The van der Waals surface area contributed by atoms with E-state index < -0.39 is 0 Å². The average Bonchev–Trinajstić information content (AvgIpc) is 2.87. The van der Waals surface area contributed by atoms with Gasteiger partial charge in [-0.2, -0.15) is 0 Å². The van der Waals surface area contributed by atoms with E-state index in [1.54, 1.807) is 6.08 Å². The van der Waals surface area contributed by atoms with Gasteiger partial charge in [-0.1, -0.05) is 51.8 Å². The number of hydrogen-bond acceptors (Lipinski definition) is 1. The molecule has 0 fully saturated rings. The van der Waals surface area contributed by atoms with Crippen molar-refractivity contribution in [3.05, 3.63) is 93.2 Å². The van der Waals surface area contributed by atoms with Gasteiger partial charge in [0.05, 0.1) is 0 Å². The normalized spacial score (nSPS) is 11.2. The summed E-state index contributed by atoms with van der Waals surface area (Å²) in [4.78, 5) is 12.3. The van der Waals surface area contributed by atoms with Gasteiger partial charge in [0.25, 0.3) is 0 Å². The Labute approximate surface area is 156 Å². The maximum atomic E-state index is 12.3. The highest BCUT2D eigenvalue weighted by Crippen LogP contribution is 2.24. The molecule has 0 atom stereocenters. The smallest absolute Gasteiger partial charge is 0.185 e. The molecule has 0 N–H and O–H groups in total. The van der Waals surface area contributed by atoms with E-state index in [9.17, 15) is 4.79 Å². The zero-order chi connectivity index (χ0) is 18.0. The lowest BCUT2D eigenvalue weighted by Gasteiger charge is -2.10. The van der Waals surface area contributed by atoms with Crippen LogP contribution in [-0.4, -0.2) is 10.4 Å². The summed E-state index contributed by atoms with van der Waals surface area (Å²) in [6, 6.07) is 18.0. The standard InChI is InChI=1S/C22H20BrNO/c1-15-7-9-18(10-8-15)22(25)12-11-19-13-16(2)24(17(19)3)21-6-4-5-20(23)14-21/h4-14H,1-3H3/b12-11+. The largest absolute Gasteiger partial charge is 0.318 e. The molecular formula is C22H20BrNO. The van der Waals surface area contributed by atoms with Crippen molar-refractivity contribution in [1.82, 2.24) is 4.57 Å². The van der Waals surface area contributed by atoms with Crippen LogP contribution >= 0.6 is 15.9 Å². The summed E-state index contributed by atoms with van der Waals surface area (Å²) in [5, 5.41) is 0. The van der Waals surface area contributed by atoms with Crippen LogP contribution in [-0.2, 0) is 0 Å². The number of allylic oxidation sites excluding steroid dienone is 1. The first-order chi connectivity index (χ1) is 12.0. The highest BCUT2D eigenvalue weighted by molar-refractivity contribution is 9.10. The van der Waals surface area contributed by atoms with Crippen molar-refractivity contribution in [3.63, 3.8) is 0 Å². The Morgan fingerprint density at radius 1 is 1.00 bits per heavy atom. The van der Waals surface area contributed by atoms with Crippen molar-refractivity contribution in [1.29, 1.82) is 0 Å². The summed E-state index contributed by atoms with van der Waals surface area (Å²) in [5.74, 6) is 0.0206. The van der Waals surface area contributed by atoms with Crippen LogP contribution in [0, 0.1) is 20.8 Å². The number of aryl methyl sites for hydroxylation is 2. The lowest BCUT2D eigenvalue weighted by atomic mass is 10.1. The second kappa shape index (κ2) is 7.24. The molecule has 0 aliphatic rings. The molecule has 0 amide bonds. The molecule has 0 radical (unpaired) electrons. The Balaban J connectivity index is 1.90. The Morgan fingerprint density at radius 2 is 1.72 bits per heavy atom. The second-order valence-corrected chi connectivity index (χ2v) is 7.12. The summed E-state index contributed by atoms with van der Waals surface area (Å²) < 4.78 is 3.24. The van der Waals surface area contributed by atoms with Gasteiger partial charge in [0, 0.05) is 27.1 Å². The minimum atomic E-state index is 0.0206. The third-order valence-corrected chi connectivity index (χ3v) is 4.78. The Kier molecular flexibility index (Phi) is 5.05. The maximum absolute atomic E-state index is 12.3. The van der Waals surface area contributed by atoms with E-state index in [1.165, 1.54) is 0 Å². The number of carbonyl (C=O) groups is 1. The predicted octanol–water partition coefficient (Wildman–Crippen LogP) is 6.06. The SMILES string of the molecule is Cc1ccc(C(=O)/C=C/c2cc(C)n(-c3cccc(Br)c3)c2C)cc1. The monoisotopic (exact) mass is 393 g/mol. The van der Waals surface area contributed by atoms with Crippen molar-refractivity contribution in [3.8, 4) is 5.69 Å². The van der Waals surface area contributed by atoms with Crippen molar-refractivity contribution in [2.45, 2.75) is 20.8 Å². The van der Waals surface area contributed by atoms with E-state index in [2.05, 4.69) is 52.5 Å². The van der Waals surface area contributed by atoms with Crippen molar-refractivity contribution in [2.24, 2.45) is 0 Å². The van der Waals surface area contributed by atoms with Crippen molar-refractivity contribution in [2.75, 3.05) is 0 Å². The number of benzene rings is 2. The Hall–Kier alpha value is -2.39. The van der Waals surface area contributed by atoms with Gasteiger partial charge in [-0.3, -0.25) is 4.79 Å². The average molecular weight is 394 g/mol. The molecule has 1 heterocycles. The van der Waals surface area contributed by atoms with Crippen LogP contribution in [0.25, 0.3) is 11.8 Å². The molecule has 2 aromatic carbocycles. The molecule has 0 unspecified atom stereocenters. The number of nitrogens with zero attached hydrogens (tertiary/aromatic N) is 1. The molecule has 0 aliphatic carbocycles. The number of rotatable bonds is 4. The summed E-state index contributed by atoms with van der Waals surface area (Å²) in [6.45, 7) is 6.16. The zero-order valence-electron chi connectivity index (χ0n) is 14.6. The van der Waals surface area contributed by atoms with Crippen LogP contribution in [0.3, 0.4) is 0 Å². The minimum absolute atomic E-state index is 0.0206. The summed E-state index contributed by atoms with van der Waals surface area (Å²) in [5.41, 5.74) is 6.27. The fraction of sp³-hybridized carbons (Fsp3) is 0.136. The fourth-order valence-electron chi connectivity index (χ4n) is 2.95. The number of carbonyl (C=O) groups excluding carboxylic acids is 1. The van der Waals surface area contributed by atoms with E-state index >= 15 is 0 Å². The zero-order valence-corrected chi connectivity index (χ0v) is 16.2. The van der Waals surface area contributed by atoms with Crippen molar-refractivity contribution >= 4 is 27.8 Å². The highest BCUT2D eigenvalue weighted by Gasteiger charge is 2.10. The van der Waals surface area contributed by atoms with Crippen LogP contribution in [0.4, 0.5) is 0 Å². The second-order valence-electron chi connectivity index (χ2n) is 6.21. The molecule has 2 nitrogen and oxygen atoms in total. The van der Waals surface area contributed by atoms with Gasteiger partial charge in [0.2, 0.25) is 0 Å². The van der Waals surface area contributed by atoms with Gasteiger partial charge in [-0.05, 0) is 62.8 Å². The van der Waals surface area contributed by atoms with Crippen LogP contribution in [0.1, 0.15) is 32.9 Å². The van der Waals surface area contributed by atoms with Crippen LogP contribution < -0.4 is 0 Å². The van der Waals surface area contributed by atoms with Crippen LogP contribution in [0.15, 0.2) is 65.1 Å². The molecular weight excluding hydrogens is 374 g/mol. The molecule has 0 saturated carbocycles. The van der Waals surface area contributed by atoms with Gasteiger partial charge in [-0.15, -0.1) is 0 Å². The number of hydrogen-bond donors (Lipinski definition) is 0. The minimum Gasteiger partial charge on any atom is -0.318 e. The van der Waals surface area contributed by atoms with Gasteiger partial charge in [0.15, 0.2) is 5.78 Å². The molecule has 3 rings (SSSR count). The molecule has 1 aromatic heterocycles. The lowest BCUT2D eigenvalue weighted by Crippen LogP contribution is -1.99. The fourth-order valence-corrected chi connectivity index (χ4v) is 3.34. The van der Waals surface area contributed by atoms with Gasteiger partial charge < -0.3 is 4.57 Å². The molecule has 0 saturated heterocycles. The molecule has 3 aromatic rings. The summed E-state index contributed by atoms with van der Waals surface area (Å²) in [6.07, 6.45) is 3.55. The summed E-state index contributed by atoms with van der Waals surface area (Å²) >= 11 is 3.52. The number of ketones is 1. The number of aromatic nitrogens is 1. The Bertz CT molecular complexity index is 949. The summed E-state index contributed by atoms with van der Waals surface area (Å²) in [7, 11) is 0. The third-order valence-electron chi connectivity index (χ3n) is 4.29. The van der Waals surface area contributed by atoms with Gasteiger partial charge >= 0.3 is 0 Å². The van der Waals surface area contributed by atoms with E-state index in [0.717, 1.165) is 32.7 Å². The first-order valence-corrected chi connectivity index (χ1v) is 8.99. The van der Waals surface area contributed by atoms with Crippen LogP contribution in [0.2, 0.25) is 0 Å². The first kappa shape index (κ1) is 17.4. The quantitative estimate of drug-likeness (QED) is 0.389. The van der Waals surface area contributed by atoms with Crippen LogP contribution in [0.5, 0.6) is 0 Å². The maximum Gasteiger partial charge on any atom is 0.185 e. The number of halogens is 1. The third kappa shape index (κ3) is 3.83. The lowest BCUT2D eigenvalue weighted by molar-refractivity contribution is 0.104. The van der Waals surface area contributed by atoms with Gasteiger partial charge in [0.1, 0.15) is 0 Å². The van der Waals surface area contributed by atoms with Crippen molar-refractivity contribution < 1.29 is 4.79 Å². The molecule has 0 aliphatic heterocycles. The van der Waals surface area contributed by atoms with E-state index in [0.29, 0.717) is 5.56 Å². The predicted molar refractivity (Wildman–Crippen MR) is 107 cm³/mol. The van der Waals surface area contributed by atoms with E-state index in [-0.39, 0.29) is 5.78 Å². The van der Waals surface area contributed by atoms with E-state index in [1.807, 2.05) is 49.4 Å². The topological polar surface area (TPSA) is 22.0 Å². The van der Waals surface area contributed by atoms with Gasteiger partial charge in [-0.25, -0.2) is 0 Å². The molecule has 25 heavy (non-hydrogen) atoms. The molecule has 126 valence electrons. The highest BCUT2D eigenvalue weighted by atomic mass is 79.9. The molecule has 0 spiro atoms. The first-order valence-electron chi connectivity index (χ1n) is 8.19. The molecule has 0 bridgehead atoms. The Morgan fingerprint density at radius 3 is 2.40 bits per heavy atom. The van der Waals surface area contributed by atoms with E-state index in [4.69, 9.17) is 0 Å².